The smallest absolute Gasteiger partial charge is 0.175 e. The number of benzene rings is 1. The van der Waals surface area contributed by atoms with Crippen molar-refractivity contribution in [1.29, 1.82) is 0 Å². The maximum absolute atomic E-state index is 11.4. The largest absolute Gasteiger partial charge is 0.493 e. The molecule has 0 N–H and O–H groups in total. The fourth-order valence-corrected chi connectivity index (χ4v) is 3.40. The zero-order valence-corrected chi connectivity index (χ0v) is 12.8. The van der Waals surface area contributed by atoms with E-state index in [4.69, 9.17) is 4.74 Å². The number of alkyl halides is 1. The van der Waals surface area contributed by atoms with Crippen LogP contribution in [0.15, 0.2) is 29.2 Å². The van der Waals surface area contributed by atoms with Gasteiger partial charge in [-0.25, -0.2) is 8.42 Å². The van der Waals surface area contributed by atoms with Crippen LogP contribution >= 0.6 is 15.9 Å². The number of halogens is 1. The molecular weight excluding hydrogens is 316 g/mol. The van der Waals surface area contributed by atoms with Crippen molar-refractivity contribution in [3.8, 4) is 5.75 Å². The molecule has 0 atom stereocenters. The van der Waals surface area contributed by atoms with E-state index in [-0.39, 0.29) is 5.41 Å². The van der Waals surface area contributed by atoms with E-state index in [0.29, 0.717) is 17.3 Å². The van der Waals surface area contributed by atoms with Crippen LogP contribution in [0.2, 0.25) is 0 Å². The molecule has 1 aliphatic carbocycles. The third-order valence-corrected chi connectivity index (χ3v) is 5.78. The second-order valence-electron chi connectivity index (χ2n) is 5.02. The third kappa shape index (κ3) is 3.06. The first-order valence-electron chi connectivity index (χ1n) is 5.94. The van der Waals surface area contributed by atoms with E-state index in [2.05, 4.69) is 15.9 Å². The van der Waals surface area contributed by atoms with Gasteiger partial charge in [-0.05, 0) is 31.0 Å². The van der Waals surface area contributed by atoms with Gasteiger partial charge < -0.3 is 4.74 Å². The Morgan fingerprint density at radius 3 is 2.61 bits per heavy atom. The Kier molecular flexibility index (Phi) is 4.02. The van der Waals surface area contributed by atoms with Crippen molar-refractivity contribution in [1.82, 2.24) is 0 Å². The fourth-order valence-electron chi connectivity index (χ4n) is 2.02. The van der Waals surface area contributed by atoms with Gasteiger partial charge in [-0.1, -0.05) is 28.4 Å². The second kappa shape index (κ2) is 5.21. The normalized spacial score (nSPS) is 18.1. The summed E-state index contributed by atoms with van der Waals surface area (Å²) < 4.78 is 28.6. The van der Waals surface area contributed by atoms with Crippen molar-refractivity contribution in [2.75, 3.05) is 18.2 Å². The highest BCUT2D eigenvalue weighted by molar-refractivity contribution is 9.09. The van der Waals surface area contributed by atoms with Crippen LogP contribution in [0.4, 0.5) is 0 Å². The van der Waals surface area contributed by atoms with Gasteiger partial charge in [-0.3, -0.25) is 0 Å². The molecule has 0 unspecified atom stereocenters. The average Bonchev–Trinajstić information content (AvgIpc) is 2.27. The van der Waals surface area contributed by atoms with Crippen molar-refractivity contribution < 1.29 is 13.2 Å². The summed E-state index contributed by atoms with van der Waals surface area (Å²) in [7, 11) is -3.17. The Morgan fingerprint density at radius 1 is 1.39 bits per heavy atom. The van der Waals surface area contributed by atoms with Crippen molar-refractivity contribution in [2.45, 2.75) is 24.2 Å². The molecule has 100 valence electrons. The Balaban J connectivity index is 2.06. The SMILES string of the molecule is CS(=O)(=O)c1cccc(OCC2(CBr)CCC2)c1. The summed E-state index contributed by atoms with van der Waals surface area (Å²) in [6.07, 6.45) is 4.80. The molecule has 0 saturated heterocycles. The van der Waals surface area contributed by atoms with Gasteiger partial charge in [0.25, 0.3) is 0 Å². The summed E-state index contributed by atoms with van der Waals surface area (Å²) in [6, 6.07) is 6.70. The van der Waals surface area contributed by atoms with E-state index >= 15 is 0 Å². The van der Waals surface area contributed by atoms with Crippen molar-refractivity contribution in [2.24, 2.45) is 5.41 Å². The van der Waals surface area contributed by atoms with E-state index < -0.39 is 9.84 Å². The standard InChI is InChI=1S/C13H17BrO3S/c1-18(15,16)12-5-2-4-11(8-12)17-10-13(9-14)6-3-7-13/h2,4-5,8H,3,6-7,9-10H2,1H3. The Bertz CT molecular complexity index is 515. The van der Waals surface area contributed by atoms with Crippen LogP contribution in [0.1, 0.15) is 19.3 Å². The Labute approximate surface area is 117 Å². The first-order valence-corrected chi connectivity index (χ1v) is 8.95. The van der Waals surface area contributed by atoms with Gasteiger partial charge >= 0.3 is 0 Å². The highest BCUT2D eigenvalue weighted by Gasteiger charge is 2.36. The molecule has 0 heterocycles. The minimum Gasteiger partial charge on any atom is -0.493 e. The minimum atomic E-state index is -3.17. The van der Waals surface area contributed by atoms with Crippen LogP contribution in [0.5, 0.6) is 5.75 Å². The maximum atomic E-state index is 11.4. The molecule has 1 aromatic rings. The quantitative estimate of drug-likeness (QED) is 0.778. The highest BCUT2D eigenvalue weighted by Crippen LogP contribution is 2.42. The first kappa shape index (κ1) is 13.9. The van der Waals surface area contributed by atoms with Crippen LogP contribution in [0, 0.1) is 5.41 Å². The van der Waals surface area contributed by atoms with Crippen molar-refractivity contribution in [3.63, 3.8) is 0 Å². The molecule has 3 nitrogen and oxygen atoms in total. The van der Waals surface area contributed by atoms with E-state index in [1.165, 1.54) is 25.5 Å². The fraction of sp³-hybridized carbons (Fsp3) is 0.538. The number of hydrogen-bond acceptors (Lipinski definition) is 3. The van der Waals surface area contributed by atoms with Gasteiger partial charge in [-0.2, -0.15) is 0 Å². The molecule has 2 rings (SSSR count). The summed E-state index contributed by atoms with van der Waals surface area (Å²) in [5.74, 6) is 0.630. The van der Waals surface area contributed by atoms with Crippen LogP contribution in [0.25, 0.3) is 0 Å². The van der Waals surface area contributed by atoms with Gasteiger partial charge in [0, 0.05) is 17.0 Å². The molecule has 5 heteroatoms. The topological polar surface area (TPSA) is 43.4 Å². The van der Waals surface area contributed by atoms with Gasteiger partial charge in [-0.15, -0.1) is 0 Å². The summed E-state index contributed by atoms with van der Waals surface area (Å²) in [5, 5.41) is 0.936. The van der Waals surface area contributed by atoms with E-state index in [1.54, 1.807) is 24.3 Å². The average molecular weight is 333 g/mol. The number of sulfone groups is 1. The van der Waals surface area contributed by atoms with E-state index in [0.717, 1.165) is 5.33 Å². The van der Waals surface area contributed by atoms with Gasteiger partial charge in [0.05, 0.1) is 11.5 Å². The van der Waals surface area contributed by atoms with Gasteiger partial charge in [0.15, 0.2) is 9.84 Å². The lowest BCUT2D eigenvalue weighted by atomic mass is 9.71. The van der Waals surface area contributed by atoms with E-state index in [1.807, 2.05) is 0 Å². The molecule has 1 aromatic carbocycles. The first-order chi connectivity index (χ1) is 8.45. The Morgan fingerprint density at radius 2 is 2.11 bits per heavy atom. The number of ether oxygens (including phenoxy) is 1. The van der Waals surface area contributed by atoms with Crippen molar-refractivity contribution in [3.05, 3.63) is 24.3 Å². The summed E-state index contributed by atoms with van der Waals surface area (Å²) in [5.41, 5.74) is 0.237. The number of rotatable bonds is 5. The molecule has 0 aromatic heterocycles. The predicted octanol–water partition coefficient (Wildman–Crippen LogP) is 3.03. The maximum Gasteiger partial charge on any atom is 0.175 e. The van der Waals surface area contributed by atoms with Gasteiger partial charge in [0.1, 0.15) is 5.75 Å². The van der Waals surface area contributed by atoms with Crippen LogP contribution in [-0.4, -0.2) is 26.6 Å². The lowest BCUT2D eigenvalue weighted by Crippen LogP contribution is -2.37. The second-order valence-corrected chi connectivity index (χ2v) is 7.60. The van der Waals surface area contributed by atoms with Crippen LogP contribution in [-0.2, 0) is 9.84 Å². The molecule has 0 aliphatic heterocycles. The zero-order chi connectivity index (χ0) is 13.2. The molecule has 18 heavy (non-hydrogen) atoms. The summed E-state index contributed by atoms with van der Waals surface area (Å²) >= 11 is 3.53. The molecule has 1 saturated carbocycles. The Hall–Kier alpha value is -0.550. The predicted molar refractivity (Wildman–Crippen MR) is 75.1 cm³/mol. The monoisotopic (exact) mass is 332 g/mol. The summed E-state index contributed by atoms with van der Waals surface area (Å²) in [4.78, 5) is 0.307. The third-order valence-electron chi connectivity index (χ3n) is 3.48. The van der Waals surface area contributed by atoms with Gasteiger partial charge in [0.2, 0.25) is 0 Å². The lowest BCUT2D eigenvalue weighted by Gasteiger charge is -2.39. The summed E-state index contributed by atoms with van der Waals surface area (Å²) in [6.45, 7) is 0.644. The zero-order valence-electron chi connectivity index (χ0n) is 10.4. The number of hydrogen-bond donors (Lipinski definition) is 0. The molecule has 0 spiro atoms. The highest BCUT2D eigenvalue weighted by atomic mass is 79.9. The van der Waals surface area contributed by atoms with E-state index in [9.17, 15) is 8.42 Å². The molecule has 1 fully saturated rings. The molecule has 0 bridgehead atoms. The molecule has 1 aliphatic rings. The van der Waals surface area contributed by atoms with Crippen LogP contribution in [0.3, 0.4) is 0 Å². The van der Waals surface area contributed by atoms with Crippen molar-refractivity contribution >= 4 is 25.8 Å². The molecular formula is C13H17BrO3S. The van der Waals surface area contributed by atoms with Crippen LogP contribution < -0.4 is 4.74 Å². The lowest BCUT2D eigenvalue weighted by molar-refractivity contribution is 0.0837. The molecule has 0 amide bonds. The minimum absolute atomic E-state index is 0.237. The molecule has 0 radical (unpaired) electrons.